The number of ether oxygens (including phenoxy) is 1. The summed E-state index contributed by atoms with van der Waals surface area (Å²) in [6.45, 7) is 2.97. The van der Waals surface area contributed by atoms with Crippen LogP contribution in [-0.2, 0) is 19.1 Å². The van der Waals surface area contributed by atoms with E-state index in [0.717, 1.165) is 31.9 Å². The lowest BCUT2D eigenvalue weighted by Gasteiger charge is -2.10. The van der Waals surface area contributed by atoms with Crippen molar-refractivity contribution in [1.29, 1.82) is 0 Å². The van der Waals surface area contributed by atoms with Gasteiger partial charge in [-0.1, -0.05) is 30.4 Å². The van der Waals surface area contributed by atoms with Crippen LogP contribution in [-0.4, -0.2) is 62.9 Å². The van der Waals surface area contributed by atoms with E-state index in [-0.39, 0.29) is 48.6 Å². The number of aliphatic hydroxyl groups excluding tert-OH is 1. The number of esters is 1. The van der Waals surface area contributed by atoms with E-state index in [9.17, 15) is 28.0 Å². The van der Waals surface area contributed by atoms with Crippen LogP contribution in [0.25, 0.3) is 5.53 Å². The van der Waals surface area contributed by atoms with Crippen LogP contribution in [0.4, 0.5) is 8.78 Å². The number of hydrogen-bond acceptors (Lipinski definition) is 6. The van der Waals surface area contributed by atoms with Crippen LogP contribution in [0, 0.1) is 35.5 Å². The van der Waals surface area contributed by atoms with E-state index >= 15 is 0 Å². The SMILES string of the molecule is CC(=O)C1C2CC(O)C[C@H]21.CC(=O)C=[N+]=[N-].O=C(O)C1C2CC(F)(F)C[C@H]21.O=C(OC1CC=CC1)c1ccccc1. The first-order valence-electron chi connectivity index (χ1n) is 13.7. The molecule has 11 heteroatoms. The number of carbonyl (C=O) groups excluding carboxylic acids is 3. The fourth-order valence-corrected chi connectivity index (χ4v) is 6.12. The topological polar surface area (TPSA) is 154 Å². The van der Waals surface area contributed by atoms with Gasteiger partial charge in [0, 0.05) is 38.5 Å². The number of aliphatic carboxylic acids is 1. The maximum absolute atomic E-state index is 12.5. The Balaban J connectivity index is 0.000000156. The summed E-state index contributed by atoms with van der Waals surface area (Å²) in [5, 5.41) is 17.6. The highest BCUT2D eigenvalue weighted by Gasteiger charge is 2.65. The summed E-state index contributed by atoms with van der Waals surface area (Å²) in [6, 6.07) is 9.09. The van der Waals surface area contributed by atoms with Gasteiger partial charge in [-0.15, -0.1) is 0 Å². The van der Waals surface area contributed by atoms with Crippen molar-refractivity contribution in [3.63, 3.8) is 0 Å². The number of aliphatic hydroxyl groups is 1. The number of fused-ring (bicyclic) bond motifs is 2. The number of halogens is 2. The predicted molar refractivity (Wildman–Crippen MR) is 143 cm³/mol. The van der Waals surface area contributed by atoms with Gasteiger partial charge in [0.25, 0.3) is 0 Å². The summed E-state index contributed by atoms with van der Waals surface area (Å²) in [7, 11) is 0. The zero-order valence-electron chi connectivity index (χ0n) is 23.1. The van der Waals surface area contributed by atoms with Crippen molar-refractivity contribution in [3.05, 3.63) is 53.6 Å². The monoisotopic (exact) mass is 574 g/mol. The van der Waals surface area contributed by atoms with Gasteiger partial charge in [0.05, 0.1) is 17.6 Å². The highest BCUT2D eigenvalue weighted by molar-refractivity contribution is 6.23. The molecule has 0 saturated heterocycles. The standard InChI is InChI=1S/C12H12O2.C8H12O2.C7H8F2O2.C3H4N2O/c13-12(10-6-2-1-3-7-10)14-11-8-4-5-9-11;1-4(9)8-6-2-5(10)3-7(6)8;8-7(9)1-3-4(2-7)5(3)6(10)11;1-3(6)2-5-4/h1-7,11H,8-9H2;5-8,10H,2-3H2,1H3;3-5H,1-2H2,(H,10,11);2H,1H3/t;5?,6-,7?,8?;3-,4?,5?;/m.11./s1. The molecule has 6 rings (SSSR count). The van der Waals surface area contributed by atoms with Crippen molar-refractivity contribution in [2.45, 2.75) is 70.5 Å². The summed E-state index contributed by atoms with van der Waals surface area (Å²) in [5.41, 5.74) is 8.21. The quantitative estimate of drug-likeness (QED) is 0.174. The first-order valence-corrected chi connectivity index (χ1v) is 13.7. The van der Waals surface area contributed by atoms with Gasteiger partial charge < -0.3 is 20.5 Å². The second kappa shape index (κ2) is 13.9. The van der Waals surface area contributed by atoms with Crippen LogP contribution in [0.15, 0.2) is 42.5 Å². The molecule has 0 aliphatic heterocycles. The van der Waals surface area contributed by atoms with Crippen molar-refractivity contribution in [3.8, 4) is 0 Å². The number of rotatable bonds is 5. The van der Waals surface area contributed by atoms with Gasteiger partial charge in [0.1, 0.15) is 11.9 Å². The number of benzene rings is 1. The summed E-state index contributed by atoms with van der Waals surface area (Å²) in [4.78, 5) is 44.9. The van der Waals surface area contributed by atoms with Crippen molar-refractivity contribution >= 4 is 29.7 Å². The second-order valence-corrected chi connectivity index (χ2v) is 11.2. The highest BCUT2D eigenvalue weighted by Crippen LogP contribution is 2.62. The minimum atomic E-state index is -2.58. The Morgan fingerprint density at radius 1 is 0.951 bits per heavy atom. The van der Waals surface area contributed by atoms with Crippen LogP contribution in [0.5, 0.6) is 0 Å². The molecule has 0 aromatic heterocycles. The largest absolute Gasteiger partial charge is 0.481 e. The fraction of sp³-hybridized carbons (Fsp3) is 0.567. The number of Topliss-reactive ketones (excluding diaryl/α,β-unsaturated/α-hetero) is 2. The third-order valence-corrected chi connectivity index (χ3v) is 8.06. The van der Waals surface area contributed by atoms with E-state index < -0.39 is 17.8 Å². The third kappa shape index (κ3) is 9.23. The van der Waals surface area contributed by atoms with E-state index in [1.807, 2.05) is 30.4 Å². The number of nitrogens with zero attached hydrogens (tertiary/aromatic N) is 2. The smallest absolute Gasteiger partial charge is 0.338 e. The lowest BCUT2D eigenvalue weighted by molar-refractivity contribution is -0.140. The van der Waals surface area contributed by atoms with Crippen LogP contribution in [0.2, 0.25) is 0 Å². The molecule has 222 valence electrons. The van der Waals surface area contributed by atoms with E-state index in [1.165, 1.54) is 6.92 Å². The molecule has 1 aromatic carbocycles. The summed E-state index contributed by atoms with van der Waals surface area (Å²) < 4.78 is 30.2. The molecule has 5 aliphatic rings. The Kier molecular flexibility index (Phi) is 10.8. The Labute approximate surface area is 237 Å². The third-order valence-electron chi connectivity index (χ3n) is 8.06. The molecular formula is C30H36F2N2O7. The first-order chi connectivity index (χ1) is 19.3. The van der Waals surface area contributed by atoms with Crippen LogP contribution in [0.1, 0.15) is 62.7 Å². The Morgan fingerprint density at radius 2 is 1.49 bits per heavy atom. The van der Waals surface area contributed by atoms with Crippen molar-refractivity contribution in [1.82, 2.24) is 0 Å². The molecule has 4 saturated carbocycles. The minimum Gasteiger partial charge on any atom is -0.481 e. The normalized spacial score (nSPS) is 30.7. The fourth-order valence-electron chi connectivity index (χ4n) is 6.12. The molecule has 2 N–H and O–H groups in total. The zero-order valence-corrected chi connectivity index (χ0v) is 23.1. The molecule has 0 bridgehead atoms. The van der Waals surface area contributed by atoms with E-state index in [4.69, 9.17) is 20.5 Å². The van der Waals surface area contributed by atoms with Crippen LogP contribution >= 0.6 is 0 Å². The van der Waals surface area contributed by atoms with Crippen molar-refractivity contribution in [2.24, 2.45) is 35.5 Å². The number of carbonyl (C=O) groups is 4. The molecule has 41 heavy (non-hydrogen) atoms. The second-order valence-electron chi connectivity index (χ2n) is 11.2. The molecule has 1 aromatic rings. The highest BCUT2D eigenvalue weighted by atomic mass is 19.3. The first kappa shape index (κ1) is 32.0. The molecule has 0 radical (unpaired) electrons. The van der Waals surface area contributed by atoms with Gasteiger partial charge in [-0.25, -0.2) is 13.6 Å². The maximum Gasteiger partial charge on any atom is 0.338 e. The van der Waals surface area contributed by atoms with Gasteiger partial charge >= 0.3 is 18.2 Å². The lowest BCUT2D eigenvalue weighted by Crippen LogP contribution is -2.17. The molecule has 0 amide bonds. The molecule has 0 spiro atoms. The summed E-state index contributed by atoms with van der Waals surface area (Å²) in [5.74, 6) is -3.15. The van der Waals surface area contributed by atoms with E-state index in [2.05, 4.69) is 4.79 Å². The maximum atomic E-state index is 12.5. The summed E-state index contributed by atoms with van der Waals surface area (Å²) in [6.07, 6.45) is 7.86. The molecule has 4 fully saturated rings. The van der Waals surface area contributed by atoms with Crippen LogP contribution < -0.4 is 0 Å². The molecular weight excluding hydrogens is 538 g/mol. The number of ketones is 2. The Bertz CT molecular complexity index is 1160. The van der Waals surface area contributed by atoms with Gasteiger partial charge in [0.15, 0.2) is 0 Å². The number of alkyl halides is 2. The molecule has 5 aliphatic carbocycles. The van der Waals surface area contributed by atoms with Crippen LogP contribution in [0.3, 0.4) is 0 Å². The average molecular weight is 575 g/mol. The van der Waals surface area contributed by atoms with E-state index in [0.29, 0.717) is 29.1 Å². The van der Waals surface area contributed by atoms with Gasteiger partial charge in [-0.2, -0.15) is 4.79 Å². The molecule has 7 atom stereocenters. The van der Waals surface area contributed by atoms with Gasteiger partial charge in [-0.3, -0.25) is 14.4 Å². The Morgan fingerprint density at radius 3 is 1.90 bits per heavy atom. The number of carboxylic acid groups (broad SMARTS) is 1. The molecule has 9 nitrogen and oxygen atoms in total. The zero-order chi connectivity index (χ0) is 30.3. The molecule has 5 unspecified atom stereocenters. The predicted octanol–water partition coefficient (Wildman–Crippen LogP) is 4.39. The van der Waals surface area contributed by atoms with E-state index in [1.54, 1.807) is 19.1 Å². The minimum absolute atomic E-state index is 0.0442. The van der Waals surface area contributed by atoms with Crippen molar-refractivity contribution < 1.29 is 47.7 Å². The Hall–Kier alpha value is -3.56. The number of carboxylic acids is 1. The van der Waals surface area contributed by atoms with Crippen molar-refractivity contribution in [2.75, 3.05) is 0 Å². The lowest BCUT2D eigenvalue weighted by atomic mass is 10.1. The average Bonchev–Trinajstić information content (AvgIpc) is 3.45. The van der Waals surface area contributed by atoms with Gasteiger partial charge in [0.2, 0.25) is 11.7 Å². The number of hydrogen-bond donors (Lipinski definition) is 2. The van der Waals surface area contributed by atoms with Gasteiger partial charge in [-0.05, 0) is 55.6 Å². The molecule has 0 heterocycles. The summed E-state index contributed by atoms with van der Waals surface area (Å²) >= 11 is 0.